The van der Waals surface area contributed by atoms with E-state index in [2.05, 4.69) is 72.1 Å². The number of rotatable bonds is 38. The lowest BCUT2D eigenvalue weighted by atomic mass is 10.0. The molecule has 0 aromatic heterocycles. The SMILES string of the molecule is CC(=O)[O-].CCCCCCCCCCCCCCCC[N+](C)(C)Cc1ccccc1.CCCCCCCCP(CCCCCCCC)CCCCCCCC. The molecule has 0 fully saturated rings. The lowest BCUT2D eigenvalue weighted by Crippen LogP contribution is -2.39. The molecule has 326 valence electrons. The highest BCUT2D eigenvalue weighted by atomic mass is 31.1. The zero-order valence-electron chi connectivity index (χ0n) is 38.8. The first-order chi connectivity index (χ1) is 26.7. The molecule has 0 unspecified atom stereocenters. The Morgan fingerprint density at radius 3 is 1.00 bits per heavy atom. The number of aliphatic carboxylic acids is 1. The van der Waals surface area contributed by atoms with Gasteiger partial charge in [0.05, 0.1) is 20.6 Å². The fourth-order valence-corrected chi connectivity index (χ4v) is 10.3. The molecule has 0 heterocycles. The van der Waals surface area contributed by atoms with Crippen LogP contribution in [-0.4, -0.2) is 49.6 Å². The molecule has 0 aliphatic rings. The summed E-state index contributed by atoms with van der Waals surface area (Å²) in [6, 6.07) is 10.9. The molecule has 0 spiro atoms. The van der Waals surface area contributed by atoms with Crippen LogP contribution >= 0.6 is 7.92 Å². The Kier molecular flexibility index (Phi) is 46.8. The van der Waals surface area contributed by atoms with Crippen molar-refractivity contribution in [2.45, 2.75) is 247 Å². The van der Waals surface area contributed by atoms with E-state index in [4.69, 9.17) is 9.90 Å². The number of hydrogen-bond acceptors (Lipinski definition) is 2. The van der Waals surface area contributed by atoms with E-state index in [-0.39, 0.29) is 0 Å². The van der Waals surface area contributed by atoms with Gasteiger partial charge < -0.3 is 14.4 Å². The smallest absolute Gasteiger partial charge is 0.104 e. The molecular weight excluding hydrogens is 690 g/mol. The molecule has 0 atom stereocenters. The molecule has 1 aromatic carbocycles. The molecule has 0 aliphatic heterocycles. The first-order valence-electron chi connectivity index (χ1n) is 24.5. The maximum Gasteiger partial charge on any atom is 0.104 e. The summed E-state index contributed by atoms with van der Waals surface area (Å²) in [6.07, 6.45) is 51.4. The average molecular weight is 790 g/mol. The molecule has 4 heteroatoms. The number of quaternary nitrogens is 1. The zero-order valence-corrected chi connectivity index (χ0v) is 39.7. The lowest BCUT2D eigenvalue weighted by Gasteiger charge is -2.30. The molecule has 0 amide bonds. The number of carboxylic acid groups (broad SMARTS) is 1. The van der Waals surface area contributed by atoms with Gasteiger partial charge in [0.15, 0.2) is 0 Å². The Labute approximate surface area is 348 Å². The van der Waals surface area contributed by atoms with Crippen LogP contribution in [0.5, 0.6) is 0 Å². The van der Waals surface area contributed by atoms with Gasteiger partial charge in [0, 0.05) is 11.5 Å². The quantitative estimate of drug-likeness (QED) is 0.0380. The van der Waals surface area contributed by atoms with Gasteiger partial charge in [0.25, 0.3) is 0 Å². The minimum Gasteiger partial charge on any atom is -0.550 e. The van der Waals surface area contributed by atoms with Crippen molar-refractivity contribution in [1.82, 2.24) is 0 Å². The summed E-state index contributed by atoms with van der Waals surface area (Å²) in [6.45, 7) is 12.7. The first-order valence-corrected chi connectivity index (χ1v) is 26.4. The normalized spacial score (nSPS) is 11.3. The lowest BCUT2D eigenvalue weighted by molar-refractivity contribution is -0.903. The second-order valence-electron chi connectivity index (χ2n) is 17.5. The predicted octanol–water partition coefficient (Wildman–Crippen LogP) is 16.1. The number of hydrogen-bond donors (Lipinski definition) is 0. The number of carbonyl (C=O) groups excluding carboxylic acids is 1. The van der Waals surface area contributed by atoms with E-state index in [1.54, 1.807) is 18.5 Å². The molecule has 55 heavy (non-hydrogen) atoms. The molecule has 1 aromatic rings. The van der Waals surface area contributed by atoms with E-state index >= 15 is 0 Å². The molecule has 0 N–H and O–H groups in total. The summed E-state index contributed by atoms with van der Waals surface area (Å²) in [5.41, 5.74) is 1.46. The van der Waals surface area contributed by atoms with Crippen molar-refractivity contribution in [1.29, 1.82) is 0 Å². The van der Waals surface area contributed by atoms with Crippen LogP contribution in [0.3, 0.4) is 0 Å². The standard InChI is InChI=1S/C25H46N.C24H51P.C2H4O2/c1-4-5-6-7-8-9-10-11-12-13-14-15-16-20-23-26(2,3)24-25-21-18-17-19-22-25;1-4-7-10-13-16-19-22-25(23-20-17-14-11-8-5-2)24-21-18-15-12-9-6-3;1-2(3)4/h17-19,21-22H,4-16,20,23-24H2,1-3H3;4-24H2,1-3H3;1H3,(H,3,4)/q+1;;/p-1. The van der Waals surface area contributed by atoms with Gasteiger partial charge in [0.1, 0.15) is 6.54 Å². The molecule has 1 rings (SSSR count). The van der Waals surface area contributed by atoms with Crippen LogP contribution in [0.15, 0.2) is 30.3 Å². The monoisotopic (exact) mass is 790 g/mol. The molecule has 0 radical (unpaired) electrons. The molecule has 0 saturated heterocycles. The summed E-state index contributed by atoms with van der Waals surface area (Å²) in [5.74, 6) is -1.08. The van der Waals surface area contributed by atoms with Crippen molar-refractivity contribution < 1.29 is 14.4 Å². The van der Waals surface area contributed by atoms with E-state index < -0.39 is 5.97 Å². The van der Waals surface area contributed by atoms with E-state index in [9.17, 15) is 0 Å². The summed E-state index contributed by atoms with van der Waals surface area (Å²) in [4.78, 5) is 8.89. The van der Waals surface area contributed by atoms with Crippen molar-refractivity contribution in [3.05, 3.63) is 35.9 Å². The van der Waals surface area contributed by atoms with Gasteiger partial charge in [0.2, 0.25) is 0 Å². The van der Waals surface area contributed by atoms with Gasteiger partial charge in [-0.2, -0.15) is 0 Å². The highest BCUT2D eigenvalue weighted by molar-refractivity contribution is 7.57. The third kappa shape index (κ3) is 49.2. The maximum absolute atomic E-state index is 8.89. The number of carbonyl (C=O) groups is 1. The Hall–Kier alpha value is -0.920. The highest BCUT2D eigenvalue weighted by Crippen LogP contribution is 2.39. The van der Waals surface area contributed by atoms with E-state index in [0.717, 1.165) is 18.0 Å². The zero-order chi connectivity index (χ0) is 40.9. The fraction of sp³-hybridized carbons (Fsp3) is 0.863. The molecule has 0 bridgehead atoms. The third-order valence-corrected chi connectivity index (χ3v) is 13.9. The molecule has 0 saturated carbocycles. The van der Waals surface area contributed by atoms with Crippen LogP contribution in [0.25, 0.3) is 0 Å². The average Bonchev–Trinajstić information content (AvgIpc) is 3.16. The van der Waals surface area contributed by atoms with Crippen molar-refractivity contribution >= 4 is 13.9 Å². The van der Waals surface area contributed by atoms with Crippen LogP contribution in [0.4, 0.5) is 0 Å². The fourth-order valence-electron chi connectivity index (χ4n) is 7.57. The topological polar surface area (TPSA) is 40.1 Å². The number of unbranched alkanes of at least 4 members (excludes halogenated alkanes) is 28. The summed E-state index contributed by atoms with van der Waals surface area (Å²) in [7, 11) is 5.11. The van der Waals surface area contributed by atoms with Crippen LogP contribution < -0.4 is 5.11 Å². The van der Waals surface area contributed by atoms with Crippen molar-refractivity contribution in [3.63, 3.8) is 0 Å². The van der Waals surface area contributed by atoms with Gasteiger partial charge in [-0.05, 0) is 57.5 Å². The molecular formula is C51H100NO2P. The molecule has 3 nitrogen and oxygen atoms in total. The summed E-state index contributed by atoms with van der Waals surface area (Å²) in [5, 5.41) is 8.89. The maximum atomic E-state index is 8.89. The Bertz CT molecular complexity index is 817. The number of carboxylic acids is 1. The van der Waals surface area contributed by atoms with Crippen molar-refractivity contribution in [3.8, 4) is 0 Å². The number of nitrogens with zero attached hydrogens (tertiary/aromatic N) is 1. The largest absolute Gasteiger partial charge is 0.550 e. The van der Waals surface area contributed by atoms with Crippen LogP contribution in [0, 0.1) is 0 Å². The highest BCUT2D eigenvalue weighted by Gasteiger charge is 2.15. The van der Waals surface area contributed by atoms with Gasteiger partial charge in [-0.25, -0.2) is 0 Å². The van der Waals surface area contributed by atoms with Gasteiger partial charge in [-0.3, -0.25) is 0 Å². The van der Waals surface area contributed by atoms with E-state index in [1.807, 2.05) is 0 Å². The second-order valence-corrected chi connectivity index (χ2v) is 20.2. The molecule has 0 aliphatic carbocycles. The van der Waals surface area contributed by atoms with Gasteiger partial charge in [-0.1, -0.05) is 231 Å². The van der Waals surface area contributed by atoms with Crippen molar-refractivity contribution in [2.24, 2.45) is 0 Å². The van der Waals surface area contributed by atoms with Gasteiger partial charge >= 0.3 is 0 Å². The number of benzene rings is 1. The Balaban J connectivity index is 0. The summed E-state index contributed by atoms with van der Waals surface area (Å²) < 4.78 is 1.11. The van der Waals surface area contributed by atoms with Crippen LogP contribution in [0.2, 0.25) is 0 Å². The predicted molar refractivity (Wildman–Crippen MR) is 250 cm³/mol. The van der Waals surface area contributed by atoms with E-state index in [1.165, 1.54) is 218 Å². The Morgan fingerprint density at radius 1 is 0.455 bits per heavy atom. The minimum absolute atomic E-state index is 0.366. The van der Waals surface area contributed by atoms with Crippen LogP contribution in [-0.2, 0) is 11.3 Å². The second kappa shape index (κ2) is 45.8. The minimum atomic E-state index is -1.08. The first kappa shape index (κ1) is 56.2. The van der Waals surface area contributed by atoms with Crippen LogP contribution in [0.1, 0.15) is 246 Å². The third-order valence-electron chi connectivity index (χ3n) is 11.1. The summed E-state index contributed by atoms with van der Waals surface area (Å²) >= 11 is 0. The van der Waals surface area contributed by atoms with Gasteiger partial charge in [-0.15, -0.1) is 7.92 Å². The van der Waals surface area contributed by atoms with Crippen molar-refractivity contribution in [2.75, 3.05) is 39.1 Å². The Morgan fingerprint density at radius 2 is 0.709 bits per heavy atom. The van der Waals surface area contributed by atoms with E-state index in [0.29, 0.717) is 7.92 Å².